The van der Waals surface area contributed by atoms with Crippen LogP contribution in [0.5, 0.6) is 0 Å². The van der Waals surface area contributed by atoms with Gasteiger partial charge in [-0.1, -0.05) is 65.2 Å². The number of hydrogen-bond donors (Lipinski definition) is 1. The standard InChI is InChI=1S/C14H29NO.C3H9N/c1-4-5-6-7-8-9-10-11-12-13-14(16)15(2)3;1-2-3-4/h4-13H2,1-3H3;2-4H2,1H3. The van der Waals surface area contributed by atoms with Crippen LogP contribution < -0.4 is 5.73 Å². The van der Waals surface area contributed by atoms with Crippen molar-refractivity contribution < 1.29 is 4.79 Å². The first kappa shape index (κ1) is 21.7. The van der Waals surface area contributed by atoms with Gasteiger partial charge in [-0.15, -0.1) is 0 Å². The number of unbranched alkanes of at least 4 members (excludes halogenated alkanes) is 8. The van der Waals surface area contributed by atoms with Crippen molar-refractivity contribution in [1.29, 1.82) is 0 Å². The van der Waals surface area contributed by atoms with Gasteiger partial charge in [-0.05, 0) is 19.4 Å². The van der Waals surface area contributed by atoms with Gasteiger partial charge in [-0.3, -0.25) is 4.79 Å². The summed E-state index contributed by atoms with van der Waals surface area (Å²) in [6.45, 7) is 5.13. The highest BCUT2D eigenvalue weighted by molar-refractivity contribution is 5.75. The molecule has 1 amide bonds. The molecule has 3 nitrogen and oxygen atoms in total. The van der Waals surface area contributed by atoms with E-state index in [1.54, 1.807) is 4.90 Å². The molecule has 122 valence electrons. The van der Waals surface area contributed by atoms with E-state index in [0.29, 0.717) is 0 Å². The van der Waals surface area contributed by atoms with Gasteiger partial charge in [0.05, 0.1) is 0 Å². The van der Waals surface area contributed by atoms with Crippen molar-refractivity contribution in [3.8, 4) is 0 Å². The Morgan fingerprint density at radius 2 is 1.20 bits per heavy atom. The Morgan fingerprint density at radius 3 is 1.55 bits per heavy atom. The molecule has 0 aliphatic carbocycles. The molecule has 0 unspecified atom stereocenters. The van der Waals surface area contributed by atoms with Crippen molar-refractivity contribution in [2.24, 2.45) is 5.73 Å². The summed E-state index contributed by atoms with van der Waals surface area (Å²) < 4.78 is 0. The van der Waals surface area contributed by atoms with Crippen molar-refractivity contribution in [3.05, 3.63) is 0 Å². The first-order valence-corrected chi connectivity index (χ1v) is 8.50. The van der Waals surface area contributed by atoms with E-state index in [1.807, 2.05) is 14.1 Å². The van der Waals surface area contributed by atoms with Crippen molar-refractivity contribution in [2.45, 2.75) is 84.5 Å². The number of carbonyl (C=O) groups excluding carboxylic acids is 1. The molecule has 0 saturated heterocycles. The lowest BCUT2D eigenvalue weighted by atomic mass is 10.1. The van der Waals surface area contributed by atoms with Crippen molar-refractivity contribution in [2.75, 3.05) is 20.6 Å². The highest BCUT2D eigenvalue weighted by atomic mass is 16.2. The number of hydrogen-bond acceptors (Lipinski definition) is 2. The van der Waals surface area contributed by atoms with Crippen molar-refractivity contribution >= 4 is 5.91 Å². The molecule has 0 heterocycles. The third-order valence-electron chi connectivity index (χ3n) is 3.28. The SMILES string of the molecule is CCCCCCCCCCCC(=O)N(C)C.CCCN. The molecule has 0 rings (SSSR count). The maximum absolute atomic E-state index is 11.3. The van der Waals surface area contributed by atoms with Gasteiger partial charge in [-0.25, -0.2) is 0 Å². The molecule has 2 N–H and O–H groups in total. The Bertz CT molecular complexity index is 191. The topological polar surface area (TPSA) is 46.3 Å². The summed E-state index contributed by atoms with van der Waals surface area (Å²) in [5.41, 5.74) is 5.03. The van der Waals surface area contributed by atoms with E-state index in [2.05, 4.69) is 13.8 Å². The Kier molecular flexibility index (Phi) is 20.0. The summed E-state index contributed by atoms with van der Waals surface area (Å²) in [7, 11) is 3.66. The van der Waals surface area contributed by atoms with Gasteiger partial charge >= 0.3 is 0 Å². The summed E-state index contributed by atoms with van der Waals surface area (Å²) in [6.07, 6.45) is 13.6. The quantitative estimate of drug-likeness (QED) is 0.574. The van der Waals surface area contributed by atoms with Gasteiger partial charge in [0.1, 0.15) is 0 Å². The van der Waals surface area contributed by atoms with Crippen LogP contribution in [0.3, 0.4) is 0 Å². The van der Waals surface area contributed by atoms with E-state index in [1.165, 1.54) is 51.4 Å². The molecule has 3 heteroatoms. The van der Waals surface area contributed by atoms with Gasteiger partial charge in [0.25, 0.3) is 0 Å². The molecule has 0 aromatic rings. The fraction of sp³-hybridized carbons (Fsp3) is 0.941. The van der Waals surface area contributed by atoms with E-state index >= 15 is 0 Å². The molecule has 0 aliphatic heterocycles. The van der Waals surface area contributed by atoms with Gasteiger partial charge < -0.3 is 10.6 Å². The second-order valence-electron chi connectivity index (χ2n) is 5.66. The van der Waals surface area contributed by atoms with Crippen LogP contribution in [-0.2, 0) is 4.79 Å². The normalized spacial score (nSPS) is 9.85. The zero-order valence-corrected chi connectivity index (χ0v) is 14.4. The zero-order valence-electron chi connectivity index (χ0n) is 14.4. The van der Waals surface area contributed by atoms with E-state index in [9.17, 15) is 4.79 Å². The molecule has 0 aromatic heterocycles. The molecule has 0 aliphatic rings. The average molecular weight is 287 g/mol. The molecule has 0 fully saturated rings. The summed E-state index contributed by atoms with van der Waals surface area (Å²) in [5.74, 6) is 0.267. The summed E-state index contributed by atoms with van der Waals surface area (Å²) in [5, 5.41) is 0. The molecular formula is C17H38N2O. The molecule has 0 aromatic carbocycles. The van der Waals surface area contributed by atoms with E-state index in [4.69, 9.17) is 5.73 Å². The van der Waals surface area contributed by atoms with Gasteiger partial charge in [0, 0.05) is 20.5 Å². The molecule has 0 saturated carbocycles. The smallest absolute Gasteiger partial charge is 0.222 e. The highest BCUT2D eigenvalue weighted by Crippen LogP contribution is 2.10. The van der Waals surface area contributed by atoms with E-state index in [0.717, 1.165) is 25.8 Å². The number of carbonyl (C=O) groups is 1. The Balaban J connectivity index is 0. The second kappa shape index (κ2) is 18.4. The minimum atomic E-state index is 0.267. The molecule has 0 atom stereocenters. The third kappa shape index (κ3) is 19.8. The minimum absolute atomic E-state index is 0.267. The number of rotatable bonds is 11. The van der Waals surface area contributed by atoms with Crippen molar-refractivity contribution in [1.82, 2.24) is 4.90 Å². The lowest BCUT2D eigenvalue weighted by molar-refractivity contribution is -0.128. The monoisotopic (exact) mass is 286 g/mol. The minimum Gasteiger partial charge on any atom is -0.349 e. The van der Waals surface area contributed by atoms with Crippen LogP contribution in [0.1, 0.15) is 84.5 Å². The second-order valence-corrected chi connectivity index (χ2v) is 5.66. The average Bonchev–Trinajstić information content (AvgIpc) is 2.45. The van der Waals surface area contributed by atoms with Gasteiger partial charge in [0.15, 0.2) is 0 Å². The Hall–Kier alpha value is -0.570. The van der Waals surface area contributed by atoms with E-state index < -0.39 is 0 Å². The lowest BCUT2D eigenvalue weighted by Crippen LogP contribution is -2.20. The fourth-order valence-corrected chi connectivity index (χ4v) is 1.81. The van der Waals surface area contributed by atoms with Crippen LogP contribution in [-0.4, -0.2) is 31.4 Å². The van der Waals surface area contributed by atoms with Crippen LogP contribution in [0.4, 0.5) is 0 Å². The maximum Gasteiger partial charge on any atom is 0.222 e. The number of nitrogens with two attached hydrogens (primary N) is 1. The third-order valence-corrected chi connectivity index (χ3v) is 3.28. The molecule has 0 radical (unpaired) electrons. The largest absolute Gasteiger partial charge is 0.349 e. The number of nitrogens with zero attached hydrogens (tertiary/aromatic N) is 1. The summed E-state index contributed by atoms with van der Waals surface area (Å²) >= 11 is 0. The summed E-state index contributed by atoms with van der Waals surface area (Å²) in [6, 6.07) is 0. The van der Waals surface area contributed by atoms with Crippen LogP contribution in [0.2, 0.25) is 0 Å². The molecule has 0 spiro atoms. The lowest BCUT2D eigenvalue weighted by Gasteiger charge is -2.09. The Morgan fingerprint density at radius 1 is 0.800 bits per heavy atom. The predicted octanol–water partition coefficient (Wildman–Crippen LogP) is 4.35. The highest BCUT2D eigenvalue weighted by Gasteiger charge is 2.02. The fourth-order valence-electron chi connectivity index (χ4n) is 1.81. The van der Waals surface area contributed by atoms with Crippen molar-refractivity contribution in [3.63, 3.8) is 0 Å². The first-order chi connectivity index (χ1) is 9.59. The maximum atomic E-state index is 11.3. The molecule has 20 heavy (non-hydrogen) atoms. The van der Waals surface area contributed by atoms with E-state index in [-0.39, 0.29) is 5.91 Å². The summed E-state index contributed by atoms with van der Waals surface area (Å²) in [4.78, 5) is 13.0. The Labute approximate surface area is 127 Å². The predicted molar refractivity (Wildman–Crippen MR) is 89.9 cm³/mol. The van der Waals surface area contributed by atoms with Crippen LogP contribution >= 0.6 is 0 Å². The molecule has 0 bridgehead atoms. The first-order valence-electron chi connectivity index (χ1n) is 8.50. The van der Waals surface area contributed by atoms with Gasteiger partial charge in [0.2, 0.25) is 5.91 Å². The van der Waals surface area contributed by atoms with Crippen LogP contribution in [0.15, 0.2) is 0 Å². The van der Waals surface area contributed by atoms with Crippen LogP contribution in [0.25, 0.3) is 0 Å². The number of amides is 1. The molecular weight excluding hydrogens is 248 g/mol. The van der Waals surface area contributed by atoms with Gasteiger partial charge in [-0.2, -0.15) is 0 Å². The van der Waals surface area contributed by atoms with Crippen LogP contribution in [0, 0.1) is 0 Å². The zero-order chi connectivity index (χ0) is 15.6.